The lowest BCUT2D eigenvalue weighted by Gasteiger charge is -2.10. The molecule has 0 atom stereocenters. The maximum absolute atomic E-state index is 12.6. The molecular formula is C19H18N2O3S. The number of rotatable bonds is 4. The van der Waals surface area contributed by atoms with E-state index in [9.17, 15) is 13.2 Å². The van der Waals surface area contributed by atoms with Gasteiger partial charge in [0.2, 0.25) is 5.91 Å². The summed E-state index contributed by atoms with van der Waals surface area (Å²) in [4.78, 5) is 16.4. The van der Waals surface area contributed by atoms with E-state index in [1.54, 1.807) is 24.3 Å². The van der Waals surface area contributed by atoms with Crippen LogP contribution in [0, 0.1) is 13.8 Å². The van der Waals surface area contributed by atoms with Gasteiger partial charge in [-0.1, -0.05) is 36.4 Å². The molecule has 6 heteroatoms. The van der Waals surface area contributed by atoms with Gasteiger partial charge in [-0.05, 0) is 42.7 Å². The number of nitrogens with zero attached hydrogens (tertiary/aromatic N) is 1. The number of aromatic nitrogens is 1. The molecule has 0 radical (unpaired) electrons. The predicted molar refractivity (Wildman–Crippen MR) is 96.7 cm³/mol. The third kappa shape index (κ3) is 3.69. The zero-order valence-corrected chi connectivity index (χ0v) is 14.8. The molecule has 3 aromatic rings. The van der Waals surface area contributed by atoms with Crippen molar-refractivity contribution in [3.05, 3.63) is 71.4 Å². The number of pyridine rings is 1. The van der Waals surface area contributed by atoms with Crippen LogP contribution < -0.4 is 4.72 Å². The third-order valence-corrected chi connectivity index (χ3v) is 5.47. The number of fused-ring (bicyclic) bond motifs is 1. The molecule has 0 saturated carbocycles. The van der Waals surface area contributed by atoms with Gasteiger partial charge < -0.3 is 0 Å². The Morgan fingerprint density at radius 3 is 2.56 bits per heavy atom. The first kappa shape index (κ1) is 17.1. The quantitative estimate of drug-likeness (QED) is 0.782. The Morgan fingerprint density at radius 1 is 1.04 bits per heavy atom. The average molecular weight is 354 g/mol. The minimum atomic E-state index is -3.99. The summed E-state index contributed by atoms with van der Waals surface area (Å²) in [5.41, 5.74) is 3.30. The van der Waals surface area contributed by atoms with Gasteiger partial charge >= 0.3 is 0 Å². The number of amides is 1. The van der Waals surface area contributed by atoms with Gasteiger partial charge in [0.1, 0.15) is 4.90 Å². The van der Waals surface area contributed by atoms with E-state index < -0.39 is 15.9 Å². The van der Waals surface area contributed by atoms with Gasteiger partial charge in [0.25, 0.3) is 10.0 Å². The van der Waals surface area contributed by atoms with Crippen LogP contribution in [0.2, 0.25) is 0 Å². The van der Waals surface area contributed by atoms with Crippen LogP contribution in [0.25, 0.3) is 10.9 Å². The molecule has 3 rings (SSSR count). The summed E-state index contributed by atoms with van der Waals surface area (Å²) in [7, 11) is -3.99. The lowest BCUT2D eigenvalue weighted by Crippen LogP contribution is -2.32. The number of hydrogen-bond acceptors (Lipinski definition) is 4. The first-order chi connectivity index (χ1) is 11.9. The highest BCUT2D eigenvalue weighted by Gasteiger charge is 2.21. The lowest BCUT2D eigenvalue weighted by molar-refractivity contribution is -0.118. The number of aryl methyl sites for hydroxylation is 2. The molecular weight excluding hydrogens is 336 g/mol. The van der Waals surface area contributed by atoms with Crippen molar-refractivity contribution in [1.82, 2.24) is 9.71 Å². The third-order valence-electron chi connectivity index (χ3n) is 4.07. The first-order valence-corrected chi connectivity index (χ1v) is 9.31. The molecule has 2 aromatic carbocycles. The first-order valence-electron chi connectivity index (χ1n) is 7.82. The van der Waals surface area contributed by atoms with Crippen molar-refractivity contribution in [2.24, 2.45) is 0 Å². The summed E-state index contributed by atoms with van der Waals surface area (Å²) in [6.07, 6.45) is 1.52. The van der Waals surface area contributed by atoms with Crippen LogP contribution in [0.1, 0.15) is 16.7 Å². The Labute approximate surface area is 146 Å². The van der Waals surface area contributed by atoms with Crippen molar-refractivity contribution in [1.29, 1.82) is 0 Å². The molecule has 0 fully saturated rings. The second kappa shape index (κ2) is 6.64. The Kier molecular flexibility index (Phi) is 4.55. The van der Waals surface area contributed by atoms with E-state index in [1.165, 1.54) is 12.3 Å². The predicted octanol–water partition coefficient (Wildman–Crippen LogP) is 2.90. The normalized spacial score (nSPS) is 11.4. The molecule has 5 nitrogen and oxygen atoms in total. The van der Waals surface area contributed by atoms with E-state index in [0.717, 1.165) is 16.7 Å². The topological polar surface area (TPSA) is 76.1 Å². The fourth-order valence-corrected chi connectivity index (χ4v) is 3.80. The van der Waals surface area contributed by atoms with Gasteiger partial charge in [-0.3, -0.25) is 9.78 Å². The summed E-state index contributed by atoms with van der Waals surface area (Å²) in [5, 5.41) is 0.701. The maximum atomic E-state index is 12.6. The van der Waals surface area contributed by atoms with Crippen molar-refractivity contribution >= 4 is 26.8 Å². The molecule has 1 aromatic heterocycles. The fourth-order valence-electron chi connectivity index (χ4n) is 2.63. The van der Waals surface area contributed by atoms with Crippen molar-refractivity contribution in [2.75, 3.05) is 0 Å². The largest absolute Gasteiger partial charge is 0.274 e. The summed E-state index contributed by atoms with van der Waals surface area (Å²) in [5.74, 6) is -0.573. The highest BCUT2D eigenvalue weighted by atomic mass is 32.2. The summed E-state index contributed by atoms with van der Waals surface area (Å²) >= 11 is 0. The van der Waals surface area contributed by atoms with Gasteiger partial charge in [-0.15, -0.1) is 0 Å². The Morgan fingerprint density at radius 2 is 1.80 bits per heavy atom. The van der Waals surface area contributed by atoms with Gasteiger partial charge in [-0.25, -0.2) is 13.1 Å². The molecule has 128 valence electrons. The van der Waals surface area contributed by atoms with Crippen molar-refractivity contribution in [2.45, 2.75) is 25.2 Å². The molecule has 0 aliphatic heterocycles. The molecule has 1 heterocycles. The van der Waals surface area contributed by atoms with Gasteiger partial charge in [0.15, 0.2) is 0 Å². The van der Waals surface area contributed by atoms with E-state index in [0.29, 0.717) is 10.9 Å². The smallest absolute Gasteiger partial charge is 0.266 e. The Bertz CT molecular complexity index is 1050. The van der Waals surface area contributed by atoms with Crippen molar-refractivity contribution in [3.8, 4) is 0 Å². The van der Waals surface area contributed by atoms with Crippen LogP contribution in [0.15, 0.2) is 59.6 Å². The fraction of sp³-hybridized carbons (Fsp3) is 0.158. The zero-order valence-electron chi connectivity index (χ0n) is 14.0. The molecule has 0 bridgehead atoms. The van der Waals surface area contributed by atoms with Crippen LogP contribution in [0.4, 0.5) is 0 Å². The molecule has 0 unspecified atom stereocenters. The number of nitrogens with one attached hydrogen (secondary N) is 1. The minimum absolute atomic E-state index is 0.000892. The van der Waals surface area contributed by atoms with Gasteiger partial charge in [0.05, 0.1) is 11.9 Å². The summed E-state index contributed by atoms with van der Waals surface area (Å²) < 4.78 is 27.3. The minimum Gasteiger partial charge on any atom is -0.274 e. The van der Waals surface area contributed by atoms with Crippen LogP contribution in [0.3, 0.4) is 0 Å². The monoisotopic (exact) mass is 354 g/mol. The van der Waals surface area contributed by atoms with E-state index in [4.69, 9.17) is 0 Å². The van der Waals surface area contributed by atoms with Gasteiger partial charge in [0, 0.05) is 11.6 Å². The van der Waals surface area contributed by atoms with Crippen molar-refractivity contribution in [3.63, 3.8) is 0 Å². The summed E-state index contributed by atoms with van der Waals surface area (Å²) in [6, 6.07) is 14.0. The van der Waals surface area contributed by atoms with Gasteiger partial charge in [-0.2, -0.15) is 0 Å². The molecule has 0 saturated heterocycles. The molecule has 1 amide bonds. The summed E-state index contributed by atoms with van der Waals surface area (Å²) in [6.45, 7) is 3.94. The van der Waals surface area contributed by atoms with Crippen LogP contribution >= 0.6 is 0 Å². The second-order valence-corrected chi connectivity index (χ2v) is 7.61. The highest BCUT2D eigenvalue weighted by Crippen LogP contribution is 2.20. The number of carbonyl (C=O) groups is 1. The zero-order chi connectivity index (χ0) is 18.0. The SMILES string of the molecule is Cc1ccc(CC(=O)NS(=O)(=O)c2cccc3cccnc23)cc1C. The van der Waals surface area contributed by atoms with Crippen LogP contribution in [0.5, 0.6) is 0 Å². The standard InChI is InChI=1S/C19H18N2O3S/c1-13-8-9-15(11-14(13)2)12-18(22)21-25(23,24)17-7-3-5-16-6-4-10-20-19(16)17/h3-11H,12H2,1-2H3,(H,21,22). The molecule has 25 heavy (non-hydrogen) atoms. The average Bonchev–Trinajstić information content (AvgIpc) is 2.57. The van der Waals surface area contributed by atoms with E-state index in [2.05, 4.69) is 9.71 Å². The highest BCUT2D eigenvalue weighted by molar-refractivity contribution is 7.90. The number of benzene rings is 2. The lowest BCUT2D eigenvalue weighted by atomic mass is 10.0. The molecule has 1 N–H and O–H groups in total. The Hall–Kier alpha value is -2.73. The van der Waals surface area contributed by atoms with E-state index in [1.807, 2.05) is 32.0 Å². The number of hydrogen-bond donors (Lipinski definition) is 1. The maximum Gasteiger partial charge on any atom is 0.266 e. The molecule has 0 aliphatic carbocycles. The Balaban J connectivity index is 1.85. The van der Waals surface area contributed by atoms with Crippen LogP contribution in [-0.2, 0) is 21.2 Å². The van der Waals surface area contributed by atoms with Crippen LogP contribution in [-0.4, -0.2) is 19.3 Å². The van der Waals surface area contributed by atoms with Crippen molar-refractivity contribution < 1.29 is 13.2 Å². The number of sulfonamides is 1. The number of carbonyl (C=O) groups excluding carboxylic acids is 1. The molecule has 0 spiro atoms. The van der Waals surface area contributed by atoms with E-state index >= 15 is 0 Å². The number of para-hydroxylation sites is 1. The molecule has 0 aliphatic rings. The second-order valence-electron chi connectivity index (χ2n) is 5.96. The van der Waals surface area contributed by atoms with E-state index in [-0.39, 0.29) is 11.3 Å².